The number of anilines is 2. The van der Waals surface area contributed by atoms with Gasteiger partial charge in [-0.15, -0.1) is 0 Å². The van der Waals surface area contributed by atoms with E-state index in [1.807, 2.05) is 0 Å². The fraction of sp³-hybridized carbons (Fsp3) is 0.231. The van der Waals surface area contributed by atoms with Crippen LogP contribution in [0.25, 0.3) is 0 Å². The summed E-state index contributed by atoms with van der Waals surface area (Å²) in [6.45, 7) is 0.211. The van der Waals surface area contributed by atoms with Crippen molar-refractivity contribution in [2.75, 3.05) is 12.4 Å². The maximum absolute atomic E-state index is 12.5. The highest BCUT2D eigenvalue weighted by Crippen LogP contribution is 2.33. The molecule has 0 saturated carbocycles. The first-order chi connectivity index (χ1) is 10.1. The Balaban J connectivity index is 2.25. The van der Waals surface area contributed by atoms with Crippen molar-refractivity contribution >= 4 is 34.9 Å². The van der Waals surface area contributed by atoms with Gasteiger partial charge in [-0.1, -0.05) is 35.5 Å². The lowest BCUT2D eigenvalue weighted by Crippen LogP contribution is -2.02. The van der Waals surface area contributed by atoms with Crippen LogP contribution < -0.4 is 5.32 Å². The number of benzene rings is 1. The average Bonchev–Trinajstić information content (AvgIpc) is 2.40. The second-order valence-corrected chi connectivity index (χ2v) is 5.34. The van der Waals surface area contributed by atoms with Crippen LogP contribution in [0.4, 0.5) is 20.3 Å². The van der Waals surface area contributed by atoms with Gasteiger partial charge in [0.15, 0.2) is 5.82 Å². The van der Waals surface area contributed by atoms with Crippen molar-refractivity contribution in [2.24, 2.45) is 0 Å². The molecule has 1 aromatic heterocycles. The summed E-state index contributed by atoms with van der Waals surface area (Å²) in [6, 6.07) is 8.26. The summed E-state index contributed by atoms with van der Waals surface area (Å²) in [7, 11) is 1.52. The summed E-state index contributed by atoms with van der Waals surface area (Å²) in [4.78, 5) is 8.64. The predicted molar refractivity (Wildman–Crippen MR) is 79.3 cm³/mol. The van der Waals surface area contributed by atoms with E-state index in [1.54, 1.807) is 24.3 Å². The van der Waals surface area contributed by atoms with Crippen molar-refractivity contribution in [2.45, 2.75) is 17.3 Å². The number of halogens is 3. The zero-order chi connectivity index (χ0) is 15.2. The number of methoxy groups -OCH3 is 1. The van der Waals surface area contributed by atoms with Gasteiger partial charge in [0.25, 0.3) is 5.76 Å². The first-order valence-electron chi connectivity index (χ1n) is 5.91. The fourth-order valence-electron chi connectivity index (χ4n) is 1.63. The first-order valence-corrected chi connectivity index (χ1v) is 7.17. The van der Waals surface area contributed by atoms with Gasteiger partial charge in [0.1, 0.15) is 17.6 Å². The van der Waals surface area contributed by atoms with E-state index in [2.05, 4.69) is 15.3 Å². The number of hydrogen-bond acceptors (Lipinski definition) is 5. The van der Waals surface area contributed by atoms with Crippen LogP contribution in [-0.2, 0) is 11.3 Å². The molecule has 0 spiro atoms. The van der Waals surface area contributed by atoms with Gasteiger partial charge in [-0.2, -0.15) is 8.78 Å². The topological polar surface area (TPSA) is 47.0 Å². The van der Waals surface area contributed by atoms with Crippen molar-refractivity contribution in [3.8, 4) is 0 Å². The quantitative estimate of drug-likeness (QED) is 0.630. The number of para-hydroxylation sites is 1. The lowest BCUT2D eigenvalue weighted by molar-refractivity contribution is 0.178. The standard InChI is InChI=1S/C13H12ClF2N3OS/c1-20-7-12-18-10(14)6-11(19-12)17-8-4-2-3-5-9(8)21-13(15)16/h2-6,13H,7H2,1H3,(H,17,18,19). The third kappa shape index (κ3) is 4.80. The van der Waals surface area contributed by atoms with Crippen LogP contribution in [-0.4, -0.2) is 22.8 Å². The molecule has 2 rings (SSSR count). The molecule has 1 heterocycles. The minimum atomic E-state index is -2.49. The highest BCUT2D eigenvalue weighted by atomic mass is 35.5. The van der Waals surface area contributed by atoms with Crippen molar-refractivity contribution in [1.82, 2.24) is 9.97 Å². The SMILES string of the molecule is COCc1nc(Cl)cc(Nc2ccccc2SC(F)F)n1. The molecule has 1 aromatic carbocycles. The van der Waals surface area contributed by atoms with Crippen LogP contribution in [0, 0.1) is 0 Å². The van der Waals surface area contributed by atoms with E-state index < -0.39 is 5.76 Å². The molecule has 2 aromatic rings. The molecule has 0 aliphatic carbocycles. The van der Waals surface area contributed by atoms with Crippen LogP contribution in [0.2, 0.25) is 5.15 Å². The Morgan fingerprint density at radius 3 is 2.81 bits per heavy atom. The predicted octanol–water partition coefficient (Wildman–Crippen LogP) is 4.33. The lowest BCUT2D eigenvalue weighted by Gasteiger charge is -2.11. The number of ether oxygens (including phenoxy) is 1. The molecule has 0 amide bonds. The van der Waals surface area contributed by atoms with Gasteiger partial charge < -0.3 is 10.1 Å². The van der Waals surface area contributed by atoms with Gasteiger partial charge in [0, 0.05) is 18.1 Å². The molecule has 0 saturated heterocycles. The van der Waals surface area contributed by atoms with Gasteiger partial charge in [0.05, 0.1) is 5.69 Å². The van der Waals surface area contributed by atoms with Crippen molar-refractivity contribution in [3.63, 3.8) is 0 Å². The summed E-state index contributed by atoms with van der Waals surface area (Å²) in [6.07, 6.45) is 0. The average molecular weight is 332 g/mol. The van der Waals surface area contributed by atoms with Gasteiger partial charge in [-0.3, -0.25) is 0 Å². The highest BCUT2D eigenvalue weighted by Gasteiger charge is 2.11. The van der Waals surface area contributed by atoms with Crippen LogP contribution in [0.5, 0.6) is 0 Å². The Bertz CT molecular complexity index is 616. The fourth-order valence-corrected chi connectivity index (χ4v) is 2.43. The third-order valence-electron chi connectivity index (χ3n) is 2.38. The molecular weight excluding hydrogens is 320 g/mol. The van der Waals surface area contributed by atoms with Crippen molar-refractivity contribution in [1.29, 1.82) is 0 Å². The van der Waals surface area contributed by atoms with E-state index in [-0.39, 0.29) is 11.8 Å². The van der Waals surface area contributed by atoms with Crippen LogP contribution in [0.3, 0.4) is 0 Å². The zero-order valence-electron chi connectivity index (χ0n) is 11.0. The van der Waals surface area contributed by atoms with E-state index in [9.17, 15) is 8.78 Å². The maximum Gasteiger partial charge on any atom is 0.288 e. The normalized spacial score (nSPS) is 10.9. The summed E-state index contributed by atoms with van der Waals surface area (Å²) in [5.74, 6) is -1.66. The van der Waals surface area contributed by atoms with Gasteiger partial charge in [-0.05, 0) is 12.1 Å². The third-order valence-corrected chi connectivity index (χ3v) is 3.36. The molecule has 8 heteroatoms. The summed E-state index contributed by atoms with van der Waals surface area (Å²) in [5.41, 5.74) is 0.529. The molecule has 0 unspecified atom stereocenters. The smallest absolute Gasteiger partial charge is 0.288 e. The minimum Gasteiger partial charge on any atom is -0.377 e. The Kier molecular flexibility index (Phi) is 5.72. The molecule has 4 nitrogen and oxygen atoms in total. The Hall–Kier alpha value is -1.44. The molecule has 1 N–H and O–H groups in total. The largest absolute Gasteiger partial charge is 0.377 e. The van der Waals surface area contributed by atoms with Crippen LogP contribution >= 0.6 is 23.4 Å². The van der Waals surface area contributed by atoms with Gasteiger partial charge >= 0.3 is 0 Å². The second-order valence-electron chi connectivity index (χ2n) is 3.92. The van der Waals surface area contributed by atoms with Crippen molar-refractivity contribution < 1.29 is 13.5 Å². The molecule has 0 bridgehead atoms. The molecule has 112 valence electrons. The monoisotopic (exact) mass is 331 g/mol. The summed E-state index contributed by atoms with van der Waals surface area (Å²) < 4.78 is 30.0. The number of rotatable bonds is 6. The minimum absolute atomic E-state index is 0.211. The summed E-state index contributed by atoms with van der Waals surface area (Å²) >= 11 is 6.37. The van der Waals surface area contributed by atoms with Crippen molar-refractivity contribution in [3.05, 3.63) is 41.3 Å². The number of nitrogens with zero attached hydrogens (tertiary/aromatic N) is 2. The molecule has 0 aliphatic heterocycles. The van der Waals surface area contributed by atoms with E-state index >= 15 is 0 Å². The summed E-state index contributed by atoms with van der Waals surface area (Å²) in [5, 5.41) is 3.22. The highest BCUT2D eigenvalue weighted by molar-refractivity contribution is 7.99. The molecule has 21 heavy (non-hydrogen) atoms. The van der Waals surface area contributed by atoms with E-state index in [4.69, 9.17) is 16.3 Å². The number of aromatic nitrogens is 2. The Morgan fingerprint density at radius 1 is 1.33 bits per heavy atom. The zero-order valence-corrected chi connectivity index (χ0v) is 12.6. The Labute approximate surface area is 129 Å². The van der Waals surface area contributed by atoms with E-state index in [1.165, 1.54) is 13.2 Å². The maximum atomic E-state index is 12.5. The molecule has 0 atom stereocenters. The van der Waals surface area contributed by atoms with Crippen LogP contribution in [0.1, 0.15) is 5.82 Å². The van der Waals surface area contributed by atoms with Crippen LogP contribution in [0.15, 0.2) is 35.2 Å². The molecule has 0 fully saturated rings. The molecule has 0 aliphatic rings. The van der Waals surface area contributed by atoms with E-state index in [0.29, 0.717) is 34.0 Å². The number of thioether (sulfide) groups is 1. The lowest BCUT2D eigenvalue weighted by atomic mass is 10.3. The Morgan fingerprint density at radius 2 is 2.10 bits per heavy atom. The van der Waals surface area contributed by atoms with Gasteiger partial charge in [-0.25, -0.2) is 9.97 Å². The number of alkyl halides is 2. The second kappa shape index (κ2) is 7.53. The number of hydrogen-bond donors (Lipinski definition) is 1. The van der Waals surface area contributed by atoms with Gasteiger partial charge in [0.2, 0.25) is 0 Å². The van der Waals surface area contributed by atoms with E-state index in [0.717, 1.165) is 0 Å². The molecule has 0 radical (unpaired) electrons. The molecular formula is C13H12ClF2N3OS. The number of nitrogens with one attached hydrogen (secondary N) is 1. The first kappa shape index (κ1) is 15.9.